The predicted molar refractivity (Wildman–Crippen MR) is 106 cm³/mol. The number of hydrogen-bond donors (Lipinski definition) is 1. The predicted octanol–water partition coefficient (Wildman–Crippen LogP) is 4.22. The van der Waals surface area contributed by atoms with E-state index in [9.17, 15) is 9.59 Å². The number of nitrogens with one attached hydrogen (secondary N) is 1. The smallest absolute Gasteiger partial charge is 0.348 e. The van der Waals surface area contributed by atoms with Gasteiger partial charge in [-0.2, -0.15) is 0 Å². The van der Waals surface area contributed by atoms with Crippen molar-refractivity contribution in [2.75, 3.05) is 6.61 Å². The average Bonchev–Trinajstić information content (AvgIpc) is 3.09. The molecule has 2 aliphatic carbocycles. The van der Waals surface area contributed by atoms with Gasteiger partial charge in [0.2, 0.25) is 0 Å². The molecule has 1 aromatic heterocycles. The Labute approximate surface area is 163 Å². The Kier molecular flexibility index (Phi) is 5.30. The van der Waals surface area contributed by atoms with E-state index in [-0.39, 0.29) is 24.5 Å². The zero-order valence-corrected chi connectivity index (χ0v) is 16.4. The van der Waals surface area contributed by atoms with Crippen molar-refractivity contribution in [3.63, 3.8) is 0 Å². The monoisotopic (exact) mass is 383 g/mol. The van der Waals surface area contributed by atoms with E-state index in [1.165, 1.54) is 39.3 Å². The molecule has 0 bridgehead atoms. The zero-order chi connectivity index (χ0) is 18.8. The Balaban J connectivity index is 1.33. The lowest BCUT2D eigenvalue weighted by Crippen LogP contribution is -2.34. The number of hydrogen-bond acceptors (Lipinski definition) is 4. The molecule has 2 atom stereocenters. The van der Waals surface area contributed by atoms with E-state index in [0.29, 0.717) is 10.8 Å². The summed E-state index contributed by atoms with van der Waals surface area (Å²) in [6.07, 6.45) is 6.27. The van der Waals surface area contributed by atoms with E-state index in [4.69, 9.17) is 4.74 Å². The number of amides is 1. The molecule has 1 heterocycles. The van der Waals surface area contributed by atoms with Crippen molar-refractivity contribution in [1.82, 2.24) is 5.32 Å². The van der Waals surface area contributed by atoms with Crippen LogP contribution in [-0.2, 0) is 28.8 Å². The third-order valence-electron chi connectivity index (χ3n) is 5.57. The number of esters is 1. The molecule has 0 spiro atoms. The van der Waals surface area contributed by atoms with Crippen molar-refractivity contribution in [1.29, 1.82) is 0 Å². The summed E-state index contributed by atoms with van der Waals surface area (Å²) in [6.45, 7) is 2.02. The minimum atomic E-state index is -0.388. The van der Waals surface area contributed by atoms with Crippen molar-refractivity contribution >= 4 is 23.2 Å². The van der Waals surface area contributed by atoms with Crippen LogP contribution in [-0.4, -0.2) is 18.5 Å². The van der Waals surface area contributed by atoms with E-state index in [2.05, 4.69) is 24.4 Å². The van der Waals surface area contributed by atoms with E-state index in [1.807, 2.05) is 18.2 Å². The lowest BCUT2D eigenvalue weighted by Gasteiger charge is -2.26. The number of ether oxygens (including phenoxy) is 1. The summed E-state index contributed by atoms with van der Waals surface area (Å²) in [5, 5.41) is 3.02. The highest BCUT2D eigenvalue weighted by molar-refractivity contribution is 7.14. The minimum absolute atomic E-state index is 0.0108. The van der Waals surface area contributed by atoms with Crippen molar-refractivity contribution in [3.05, 3.63) is 56.8 Å². The normalized spacial score (nSPS) is 21.1. The second-order valence-corrected chi connectivity index (χ2v) is 8.83. The Morgan fingerprint density at radius 2 is 2.04 bits per heavy atom. The van der Waals surface area contributed by atoms with Crippen LogP contribution in [0.1, 0.15) is 63.5 Å². The molecule has 1 amide bonds. The van der Waals surface area contributed by atoms with Gasteiger partial charge in [-0.3, -0.25) is 4.79 Å². The molecule has 0 aliphatic heterocycles. The molecule has 4 rings (SSSR count). The summed E-state index contributed by atoms with van der Waals surface area (Å²) in [7, 11) is 0. The first-order valence-electron chi connectivity index (χ1n) is 9.76. The molecule has 142 valence electrons. The first kappa shape index (κ1) is 18.2. The molecule has 2 aromatic rings. The van der Waals surface area contributed by atoms with Gasteiger partial charge in [-0.25, -0.2) is 4.79 Å². The third-order valence-corrected chi connectivity index (χ3v) is 6.79. The number of fused-ring (bicyclic) bond motifs is 2. The fourth-order valence-corrected chi connectivity index (χ4v) is 5.25. The third kappa shape index (κ3) is 4.08. The molecule has 2 aliphatic rings. The van der Waals surface area contributed by atoms with Crippen LogP contribution < -0.4 is 5.32 Å². The van der Waals surface area contributed by atoms with Crippen LogP contribution in [0.3, 0.4) is 0 Å². The molecule has 0 radical (unpaired) electrons. The summed E-state index contributed by atoms with van der Waals surface area (Å²) in [6, 6.07) is 10.2. The SMILES string of the molecule is C[C@H]1CCc2sc(C(=O)OCC(=O)N[C@H]3CCCc4ccccc43)cc2C1. The lowest BCUT2D eigenvalue weighted by atomic mass is 9.88. The maximum absolute atomic E-state index is 12.3. The Bertz CT molecular complexity index is 857. The van der Waals surface area contributed by atoms with Gasteiger partial charge in [-0.05, 0) is 67.2 Å². The number of aryl methyl sites for hydroxylation is 2. The number of thiophene rings is 1. The van der Waals surface area contributed by atoms with Gasteiger partial charge in [0.05, 0.1) is 6.04 Å². The summed E-state index contributed by atoms with van der Waals surface area (Å²) < 4.78 is 5.28. The topological polar surface area (TPSA) is 55.4 Å². The van der Waals surface area contributed by atoms with Crippen LogP contribution in [0.15, 0.2) is 30.3 Å². The van der Waals surface area contributed by atoms with Crippen LogP contribution in [0, 0.1) is 5.92 Å². The van der Waals surface area contributed by atoms with Gasteiger partial charge < -0.3 is 10.1 Å². The Morgan fingerprint density at radius 3 is 2.93 bits per heavy atom. The van der Waals surface area contributed by atoms with E-state index in [1.54, 1.807) is 0 Å². The highest BCUT2D eigenvalue weighted by Gasteiger charge is 2.24. The molecule has 27 heavy (non-hydrogen) atoms. The van der Waals surface area contributed by atoms with Crippen molar-refractivity contribution < 1.29 is 14.3 Å². The lowest BCUT2D eigenvalue weighted by molar-refractivity contribution is -0.125. The van der Waals surface area contributed by atoms with Crippen molar-refractivity contribution in [2.24, 2.45) is 5.92 Å². The van der Waals surface area contributed by atoms with Crippen LogP contribution in [0.2, 0.25) is 0 Å². The average molecular weight is 384 g/mol. The molecule has 4 nitrogen and oxygen atoms in total. The molecule has 1 aromatic carbocycles. The first-order chi connectivity index (χ1) is 13.1. The van der Waals surface area contributed by atoms with Crippen molar-refractivity contribution in [2.45, 2.75) is 51.5 Å². The summed E-state index contributed by atoms with van der Waals surface area (Å²) in [4.78, 5) is 26.6. The second kappa shape index (κ2) is 7.85. The fraction of sp³-hybridized carbons (Fsp3) is 0.455. The van der Waals surface area contributed by atoms with E-state index in [0.717, 1.165) is 32.1 Å². The van der Waals surface area contributed by atoms with Gasteiger partial charge in [0.1, 0.15) is 4.88 Å². The van der Waals surface area contributed by atoms with Crippen LogP contribution >= 0.6 is 11.3 Å². The summed E-state index contributed by atoms with van der Waals surface area (Å²) >= 11 is 1.52. The molecule has 5 heteroatoms. The number of rotatable bonds is 4. The first-order valence-corrected chi connectivity index (χ1v) is 10.6. The van der Waals surface area contributed by atoms with Gasteiger partial charge in [0.15, 0.2) is 6.61 Å². The van der Waals surface area contributed by atoms with E-state index >= 15 is 0 Å². The Morgan fingerprint density at radius 1 is 1.19 bits per heavy atom. The number of benzene rings is 1. The van der Waals surface area contributed by atoms with Gasteiger partial charge in [-0.1, -0.05) is 31.2 Å². The van der Waals surface area contributed by atoms with Crippen LogP contribution in [0.25, 0.3) is 0 Å². The van der Waals surface area contributed by atoms with Crippen LogP contribution in [0.4, 0.5) is 0 Å². The second-order valence-electron chi connectivity index (χ2n) is 7.69. The standard InChI is InChI=1S/C22H25NO3S/c1-14-9-10-19-16(11-14)12-20(27-19)22(25)26-13-21(24)23-18-8-4-6-15-5-2-3-7-17(15)18/h2-3,5,7,12,14,18H,4,6,8-11,13H2,1H3,(H,23,24)/t14-,18-/m0/s1. The molecule has 0 saturated carbocycles. The highest BCUT2D eigenvalue weighted by Crippen LogP contribution is 2.32. The van der Waals surface area contributed by atoms with Crippen molar-refractivity contribution in [3.8, 4) is 0 Å². The molecule has 0 fully saturated rings. The minimum Gasteiger partial charge on any atom is -0.451 e. The number of carbonyl (C=O) groups is 2. The fourth-order valence-electron chi connectivity index (χ4n) is 4.15. The van der Waals surface area contributed by atoms with Crippen LogP contribution in [0.5, 0.6) is 0 Å². The maximum Gasteiger partial charge on any atom is 0.348 e. The molecular weight excluding hydrogens is 358 g/mol. The van der Waals surface area contributed by atoms with E-state index < -0.39 is 0 Å². The quantitative estimate of drug-likeness (QED) is 0.804. The Hall–Kier alpha value is -2.14. The summed E-state index contributed by atoms with van der Waals surface area (Å²) in [5.41, 5.74) is 3.75. The van der Waals surface area contributed by atoms with Gasteiger partial charge in [0.25, 0.3) is 5.91 Å². The molecule has 1 N–H and O–H groups in total. The van der Waals surface area contributed by atoms with Gasteiger partial charge >= 0.3 is 5.97 Å². The summed E-state index contributed by atoms with van der Waals surface area (Å²) in [5.74, 6) is 0.0429. The number of carbonyl (C=O) groups excluding carboxylic acids is 2. The largest absolute Gasteiger partial charge is 0.451 e. The zero-order valence-electron chi connectivity index (χ0n) is 15.6. The molecule has 0 saturated heterocycles. The maximum atomic E-state index is 12.3. The molecular formula is C22H25NO3S. The molecule has 0 unspecified atom stereocenters. The van der Waals surface area contributed by atoms with Gasteiger partial charge in [-0.15, -0.1) is 11.3 Å². The highest BCUT2D eigenvalue weighted by atomic mass is 32.1. The van der Waals surface area contributed by atoms with Gasteiger partial charge in [0, 0.05) is 4.88 Å².